The first-order valence-corrected chi connectivity index (χ1v) is 5.81. The Kier molecular flexibility index (Phi) is 4.64. The highest BCUT2D eigenvalue weighted by molar-refractivity contribution is 5.83. The number of carbonyl (C=O) groups excluding carboxylic acids is 1. The summed E-state index contributed by atoms with van der Waals surface area (Å²) < 4.78 is 20.6. The molecule has 0 unspecified atom stereocenters. The molecule has 0 aliphatic rings. The van der Waals surface area contributed by atoms with Gasteiger partial charge in [0.15, 0.2) is 11.5 Å². The van der Waals surface area contributed by atoms with Crippen molar-refractivity contribution in [2.45, 2.75) is 19.3 Å². The van der Waals surface area contributed by atoms with Gasteiger partial charge < -0.3 is 18.9 Å². The van der Waals surface area contributed by atoms with Crippen LogP contribution >= 0.6 is 0 Å². The highest BCUT2D eigenvalue weighted by Crippen LogP contribution is 2.40. The molecule has 0 N–H and O–H groups in total. The van der Waals surface area contributed by atoms with Crippen molar-refractivity contribution >= 4 is 5.97 Å². The molecule has 0 spiro atoms. The van der Waals surface area contributed by atoms with E-state index in [1.54, 1.807) is 40.2 Å². The van der Waals surface area contributed by atoms with Gasteiger partial charge in [0.25, 0.3) is 0 Å². The molecule has 0 heterocycles. The third kappa shape index (κ3) is 2.75. The van der Waals surface area contributed by atoms with Crippen LogP contribution < -0.4 is 14.2 Å². The summed E-state index contributed by atoms with van der Waals surface area (Å²) in [5, 5.41) is 0. The van der Waals surface area contributed by atoms with Crippen molar-refractivity contribution in [3.05, 3.63) is 17.7 Å². The minimum absolute atomic E-state index is 0.349. The van der Waals surface area contributed by atoms with Crippen LogP contribution in [0.5, 0.6) is 17.2 Å². The Morgan fingerprint density at radius 1 is 0.895 bits per heavy atom. The first kappa shape index (κ1) is 15.1. The average molecular weight is 268 g/mol. The predicted octanol–water partition coefficient (Wildman–Crippen LogP) is 2.16. The van der Waals surface area contributed by atoms with E-state index in [0.717, 1.165) is 0 Å². The standard InChI is InChI=1S/C14H20O5/c1-14(2,13(15)19-6)9-7-11(17-4)12(18-5)8-10(9)16-3/h7-8H,1-6H3. The van der Waals surface area contributed by atoms with E-state index in [4.69, 9.17) is 18.9 Å². The lowest BCUT2D eigenvalue weighted by Crippen LogP contribution is -2.30. The molecular weight excluding hydrogens is 248 g/mol. The van der Waals surface area contributed by atoms with Crippen molar-refractivity contribution in [2.24, 2.45) is 0 Å². The van der Waals surface area contributed by atoms with Crippen LogP contribution in [0.4, 0.5) is 0 Å². The van der Waals surface area contributed by atoms with Crippen molar-refractivity contribution in [3.63, 3.8) is 0 Å². The molecular formula is C14H20O5. The van der Waals surface area contributed by atoms with Crippen molar-refractivity contribution in [2.75, 3.05) is 28.4 Å². The number of carbonyl (C=O) groups is 1. The number of methoxy groups -OCH3 is 4. The second kappa shape index (κ2) is 5.82. The minimum atomic E-state index is -0.848. The van der Waals surface area contributed by atoms with Gasteiger partial charge in [-0.05, 0) is 19.9 Å². The topological polar surface area (TPSA) is 54.0 Å². The molecule has 5 nitrogen and oxygen atoms in total. The molecule has 0 bridgehead atoms. The van der Waals surface area contributed by atoms with Gasteiger partial charge in [0.05, 0.1) is 33.9 Å². The molecule has 1 rings (SSSR count). The molecule has 0 saturated carbocycles. The molecule has 5 heteroatoms. The summed E-state index contributed by atoms with van der Waals surface area (Å²) in [7, 11) is 5.98. The van der Waals surface area contributed by atoms with Gasteiger partial charge >= 0.3 is 5.97 Å². The van der Waals surface area contributed by atoms with Crippen molar-refractivity contribution in [1.82, 2.24) is 0 Å². The maximum absolute atomic E-state index is 11.9. The van der Waals surface area contributed by atoms with Crippen LogP contribution in [0.1, 0.15) is 19.4 Å². The molecule has 1 aromatic carbocycles. The van der Waals surface area contributed by atoms with Crippen LogP contribution in [0, 0.1) is 0 Å². The third-order valence-electron chi connectivity index (χ3n) is 3.07. The number of hydrogen-bond donors (Lipinski definition) is 0. The Labute approximate surface area is 113 Å². The Morgan fingerprint density at radius 2 is 1.37 bits per heavy atom. The number of benzene rings is 1. The van der Waals surface area contributed by atoms with Crippen LogP contribution in [-0.4, -0.2) is 34.4 Å². The van der Waals surface area contributed by atoms with Gasteiger partial charge in [0.2, 0.25) is 0 Å². The summed E-state index contributed by atoms with van der Waals surface area (Å²) in [5.74, 6) is 1.28. The van der Waals surface area contributed by atoms with Gasteiger partial charge in [-0.2, -0.15) is 0 Å². The monoisotopic (exact) mass is 268 g/mol. The lowest BCUT2D eigenvalue weighted by Gasteiger charge is -2.25. The van der Waals surface area contributed by atoms with E-state index < -0.39 is 5.41 Å². The molecule has 0 fully saturated rings. The molecule has 19 heavy (non-hydrogen) atoms. The highest BCUT2D eigenvalue weighted by atomic mass is 16.5. The van der Waals surface area contributed by atoms with E-state index in [1.807, 2.05) is 0 Å². The van der Waals surface area contributed by atoms with E-state index in [0.29, 0.717) is 22.8 Å². The zero-order chi connectivity index (χ0) is 14.6. The van der Waals surface area contributed by atoms with E-state index >= 15 is 0 Å². The van der Waals surface area contributed by atoms with Crippen LogP contribution in [0.2, 0.25) is 0 Å². The smallest absolute Gasteiger partial charge is 0.315 e. The van der Waals surface area contributed by atoms with Gasteiger partial charge in [-0.15, -0.1) is 0 Å². The van der Waals surface area contributed by atoms with Gasteiger partial charge in [0.1, 0.15) is 5.75 Å². The number of hydrogen-bond acceptors (Lipinski definition) is 5. The van der Waals surface area contributed by atoms with Gasteiger partial charge in [0, 0.05) is 11.6 Å². The summed E-state index contributed by atoms with van der Waals surface area (Å²) >= 11 is 0. The Hall–Kier alpha value is -1.91. The lowest BCUT2D eigenvalue weighted by molar-refractivity contribution is -0.146. The normalized spacial score (nSPS) is 10.8. The predicted molar refractivity (Wildman–Crippen MR) is 71.1 cm³/mol. The first-order chi connectivity index (χ1) is 8.92. The summed E-state index contributed by atoms with van der Waals surface area (Å²) in [4.78, 5) is 11.9. The van der Waals surface area contributed by atoms with Gasteiger partial charge in [-0.1, -0.05) is 0 Å². The second-order valence-corrected chi connectivity index (χ2v) is 4.52. The molecule has 0 radical (unpaired) electrons. The highest BCUT2D eigenvalue weighted by Gasteiger charge is 2.35. The largest absolute Gasteiger partial charge is 0.496 e. The Bertz CT molecular complexity index is 465. The number of esters is 1. The lowest BCUT2D eigenvalue weighted by atomic mass is 9.83. The molecule has 0 aliphatic carbocycles. The molecule has 0 aliphatic heterocycles. The Balaban J connectivity index is 3.45. The molecule has 106 valence electrons. The molecule has 0 saturated heterocycles. The molecule has 0 atom stereocenters. The summed E-state index contributed by atoms with van der Waals surface area (Å²) in [5.41, 5.74) is -0.167. The SMILES string of the molecule is COC(=O)C(C)(C)c1cc(OC)c(OC)cc1OC. The number of rotatable bonds is 5. The zero-order valence-corrected chi connectivity index (χ0v) is 12.2. The number of ether oxygens (including phenoxy) is 4. The van der Waals surface area contributed by atoms with Gasteiger partial charge in [-0.3, -0.25) is 4.79 Å². The van der Waals surface area contributed by atoms with Crippen LogP contribution in [0.15, 0.2) is 12.1 Å². The van der Waals surface area contributed by atoms with Crippen molar-refractivity contribution in [1.29, 1.82) is 0 Å². The van der Waals surface area contributed by atoms with E-state index in [9.17, 15) is 4.79 Å². The fourth-order valence-corrected chi connectivity index (χ4v) is 1.88. The van der Waals surface area contributed by atoms with Crippen molar-refractivity contribution in [3.8, 4) is 17.2 Å². The Morgan fingerprint density at radius 3 is 1.79 bits per heavy atom. The second-order valence-electron chi connectivity index (χ2n) is 4.52. The summed E-state index contributed by atoms with van der Waals surface area (Å²) in [6.07, 6.45) is 0. The average Bonchev–Trinajstić information content (AvgIpc) is 2.44. The molecule has 0 amide bonds. The zero-order valence-electron chi connectivity index (χ0n) is 12.2. The third-order valence-corrected chi connectivity index (χ3v) is 3.07. The summed E-state index contributed by atoms with van der Waals surface area (Å²) in [6, 6.07) is 3.42. The van der Waals surface area contributed by atoms with Gasteiger partial charge in [-0.25, -0.2) is 0 Å². The van der Waals surface area contributed by atoms with E-state index in [1.165, 1.54) is 14.2 Å². The van der Waals surface area contributed by atoms with Crippen LogP contribution in [0.3, 0.4) is 0 Å². The maximum atomic E-state index is 11.9. The van der Waals surface area contributed by atoms with Crippen LogP contribution in [0.25, 0.3) is 0 Å². The quantitative estimate of drug-likeness (QED) is 0.766. The molecule has 0 aromatic heterocycles. The fourth-order valence-electron chi connectivity index (χ4n) is 1.88. The van der Waals surface area contributed by atoms with E-state index in [-0.39, 0.29) is 5.97 Å². The van der Waals surface area contributed by atoms with Crippen molar-refractivity contribution < 1.29 is 23.7 Å². The fraction of sp³-hybridized carbons (Fsp3) is 0.500. The maximum Gasteiger partial charge on any atom is 0.315 e. The minimum Gasteiger partial charge on any atom is -0.496 e. The first-order valence-electron chi connectivity index (χ1n) is 5.81. The van der Waals surface area contributed by atoms with E-state index in [2.05, 4.69) is 0 Å². The molecule has 1 aromatic rings. The van der Waals surface area contributed by atoms with Crippen LogP contribution in [-0.2, 0) is 14.9 Å². The summed E-state index contributed by atoms with van der Waals surface area (Å²) in [6.45, 7) is 3.53.